The quantitative estimate of drug-likeness (QED) is 0.365. The Morgan fingerprint density at radius 3 is 1.37 bits per heavy atom. The number of thiazole rings is 2. The van der Waals surface area contributed by atoms with Crippen LogP contribution in [-0.2, 0) is 62.1 Å². The van der Waals surface area contributed by atoms with Crippen LogP contribution < -0.4 is 11.5 Å². The first-order chi connectivity index (χ1) is 16.0. The van der Waals surface area contributed by atoms with Gasteiger partial charge in [0.25, 0.3) is 0 Å². The summed E-state index contributed by atoms with van der Waals surface area (Å²) in [6.07, 6.45) is -2.05. The van der Waals surface area contributed by atoms with Crippen molar-refractivity contribution < 1.29 is 52.7 Å². The predicted molar refractivity (Wildman–Crippen MR) is 117 cm³/mol. The molecule has 16 nitrogen and oxygen atoms in total. The van der Waals surface area contributed by atoms with Crippen LogP contribution in [0.2, 0.25) is 0 Å². The van der Waals surface area contributed by atoms with Crippen LogP contribution in [0, 0.1) is 0 Å². The summed E-state index contributed by atoms with van der Waals surface area (Å²) in [5, 5.41) is 2.47. The van der Waals surface area contributed by atoms with Crippen molar-refractivity contribution in [1.29, 1.82) is 0 Å². The standard InChI is InChI=1S/C15H16N4O12S4/c1-7(20)28-34(24,25)30-11(22)3-15(9-5-32-13(16)18-9,10-6-33-14(17)19-10)4-12(23)31-35(26,27)29-8(2)21/h5-6H,3-4H2,1-2H3,(H2,16,18)(H2,17,19). The third kappa shape index (κ3) is 7.83. The van der Waals surface area contributed by atoms with Gasteiger partial charge in [-0.3, -0.25) is 19.2 Å². The van der Waals surface area contributed by atoms with Gasteiger partial charge >= 0.3 is 44.7 Å². The molecule has 0 radical (unpaired) electrons. The summed E-state index contributed by atoms with van der Waals surface area (Å²) in [4.78, 5) is 55.0. The first-order valence-electron chi connectivity index (χ1n) is 8.81. The second kappa shape index (κ2) is 10.5. The molecule has 2 heterocycles. The van der Waals surface area contributed by atoms with E-state index in [2.05, 4.69) is 26.7 Å². The van der Waals surface area contributed by atoms with Crippen molar-refractivity contribution in [3.63, 3.8) is 0 Å². The van der Waals surface area contributed by atoms with Gasteiger partial charge < -0.3 is 28.2 Å². The molecule has 4 N–H and O–H groups in total. The molecule has 0 aliphatic rings. The van der Waals surface area contributed by atoms with E-state index in [9.17, 15) is 36.0 Å². The third-order valence-corrected chi connectivity index (χ3v) is 6.75. The lowest BCUT2D eigenvalue weighted by Crippen LogP contribution is -2.37. The number of carbonyl (C=O) groups excluding carboxylic acids is 4. The molecule has 0 unspecified atom stereocenters. The SMILES string of the molecule is CC(=O)OS(=O)(=O)OC(=O)CC(CC(=O)OS(=O)(=O)OC(C)=O)(c1csc(N)n1)c1csc(N)n1. The molecule has 35 heavy (non-hydrogen) atoms. The van der Waals surface area contributed by atoms with Gasteiger partial charge in [0.15, 0.2) is 10.3 Å². The van der Waals surface area contributed by atoms with Gasteiger partial charge in [0.1, 0.15) is 0 Å². The van der Waals surface area contributed by atoms with E-state index in [-0.39, 0.29) is 21.7 Å². The van der Waals surface area contributed by atoms with Crippen molar-refractivity contribution in [3.05, 3.63) is 22.1 Å². The number of carbonyl (C=O) groups is 4. The summed E-state index contributed by atoms with van der Waals surface area (Å²) < 4.78 is 63.4. The average molecular weight is 573 g/mol. The van der Waals surface area contributed by atoms with Crippen molar-refractivity contribution in [2.45, 2.75) is 32.1 Å². The molecule has 2 aromatic heterocycles. The normalized spacial score (nSPS) is 11.9. The van der Waals surface area contributed by atoms with Crippen molar-refractivity contribution in [3.8, 4) is 0 Å². The Bertz CT molecular complexity index is 1260. The van der Waals surface area contributed by atoms with Crippen LogP contribution in [0.25, 0.3) is 0 Å². The Morgan fingerprint density at radius 2 is 1.11 bits per heavy atom. The highest BCUT2D eigenvalue weighted by Gasteiger charge is 2.46. The number of hydrogen-bond acceptors (Lipinski definition) is 18. The number of nitrogens with zero attached hydrogens (tertiary/aromatic N) is 2. The summed E-state index contributed by atoms with van der Waals surface area (Å²) in [5.74, 6) is -5.72. The number of rotatable bonds is 10. The summed E-state index contributed by atoms with van der Waals surface area (Å²) in [5.41, 5.74) is 9.02. The summed E-state index contributed by atoms with van der Waals surface area (Å²) in [6, 6.07) is 0. The van der Waals surface area contributed by atoms with Gasteiger partial charge in [-0.25, -0.2) is 9.97 Å². The van der Waals surface area contributed by atoms with Crippen LogP contribution in [-0.4, -0.2) is 50.7 Å². The second-order valence-corrected chi connectivity index (χ2v) is 10.5. The van der Waals surface area contributed by atoms with Gasteiger partial charge in [-0.05, 0) is 0 Å². The lowest BCUT2D eigenvalue weighted by molar-refractivity contribution is -0.138. The van der Waals surface area contributed by atoms with Crippen molar-refractivity contribution in [2.24, 2.45) is 0 Å². The predicted octanol–water partition coefficient (Wildman–Crippen LogP) is -0.467. The van der Waals surface area contributed by atoms with E-state index in [1.54, 1.807) is 0 Å². The van der Waals surface area contributed by atoms with Gasteiger partial charge in [-0.15, -0.1) is 39.5 Å². The minimum absolute atomic E-state index is 0.0469. The van der Waals surface area contributed by atoms with Gasteiger partial charge in [0, 0.05) is 24.6 Å². The molecule has 0 bridgehead atoms. The Balaban J connectivity index is 2.54. The number of nitrogens with two attached hydrogens (primary N) is 2. The minimum Gasteiger partial charge on any atom is -0.375 e. The van der Waals surface area contributed by atoms with E-state index in [1.807, 2.05) is 0 Å². The van der Waals surface area contributed by atoms with Gasteiger partial charge in [0.2, 0.25) is 0 Å². The molecule has 0 fully saturated rings. The summed E-state index contributed by atoms with van der Waals surface area (Å²) in [6.45, 7) is 1.48. The Labute approximate surface area is 205 Å². The highest BCUT2D eigenvalue weighted by Crippen LogP contribution is 2.41. The van der Waals surface area contributed by atoms with Crippen LogP contribution in [0.15, 0.2) is 10.8 Å². The fourth-order valence-electron chi connectivity index (χ4n) is 2.67. The Hall–Kier alpha value is -3.36. The summed E-state index contributed by atoms with van der Waals surface area (Å²) >= 11 is 1.72. The second-order valence-electron chi connectivity index (χ2n) is 6.45. The van der Waals surface area contributed by atoms with Crippen molar-refractivity contribution >= 4 is 77.6 Å². The zero-order valence-corrected chi connectivity index (χ0v) is 20.9. The topological polar surface area (TPSA) is 251 Å². The van der Waals surface area contributed by atoms with Gasteiger partial charge in [0.05, 0.1) is 29.6 Å². The lowest BCUT2D eigenvalue weighted by atomic mass is 9.76. The largest absolute Gasteiger partial charge is 0.506 e. The fourth-order valence-corrected chi connectivity index (χ4v) is 5.21. The zero-order valence-electron chi connectivity index (χ0n) is 17.7. The highest BCUT2D eigenvalue weighted by molar-refractivity contribution is 7.83. The van der Waals surface area contributed by atoms with E-state index in [0.29, 0.717) is 0 Å². The molecule has 2 rings (SSSR count). The van der Waals surface area contributed by atoms with Gasteiger partial charge in [-0.2, -0.15) is 0 Å². The third-order valence-electron chi connectivity index (χ3n) is 3.75. The highest BCUT2D eigenvalue weighted by atomic mass is 32.3. The van der Waals surface area contributed by atoms with Crippen molar-refractivity contribution in [2.75, 3.05) is 11.5 Å². The van der Waals surface area contributed by atoms with Crippen LogP contribution in [0.5, 0.6) is 0 Å². The molecule has 2 aromatic rings. The molecule has 0 saturated heterocycles. The van der Waals surface area contributed by atoms with Crippen molar-refractivity contribution in [1.82, 2.24) is 9.97 Å². The van der Waals surface area contributed by atoms with E-state index in [0.717, 1.165) is 36.5 Å². The Morgan fingerprint density at radius 1 is 0.771 bits per heavy atom. The number of nitrogen functional groups attached to an aromatic ring is 2. The molecule has 0 atom stereocenters. The molecule has 0 saturated carbocycles. The maximum Gasteiger partial charge on any atom is 0.506 e. The molecule has 192 valence electrons. The number of anilines is 2. The first-order valence-corrected chi connectivity index (χ1v) is 13.2. The van der Waals surface area contributed by atoms with E-state index < -0.39 is 62.9 Å². The monoisotopic (exact) mass is 572 g/mol. The fraction of sp³-hybridized carbons (Fsp3) is 0.333. The van der Waals surface area contributed by atoms with E-state index in [1.165, 1.54) is 10.8 Å². The lowest BCUT2D eigenvalue weighted by Gasteiger charge is -2.28. The zero-order chi connectivity index (χ0) is 26.6. The molecule has 0 aromatic carbocycles. The van der Waals surface area contributed by atoms with E-state index >= 15 is 0 Å². The molecule has 0 amide bonds. The van der Waals surface area contributed by atoms with Crippen LogP contribution >= 0.6 is 22.7 Å². The first kappa shape index (κ1) is 27.9. The van der Waals surface area contributed by atoms with Crippen LogP contribution in [0.4, 0.5) is 10.3 Å². The molecule has 0 aliphatic heterocycles. The number of aromatic nitrogens is 2. The Kier molecular flexibility index (Phi) is 8.36. The molecular weight excluding hydrogens is 556 g/mol. The maximum atomic E-state index is 12.6. The average Bonchev–Trinajstić information content (AvgIpc) is 3.26. The molecule has 20 heteroatoms. The number of hydrogen-bond donors (Lipinski definition) is 2. The molecule has 0 aliphatic carbocycles. The smallest absolute Gasteiger partial charge is 0.375 e. The van der Waals surface area contributed by atoms with E-state index in [4.69, 9.17) is 11.5 Å². The van der Waals surface area contributed by atoms with Crippen LogP contribution in [0.1, 0.15) is 38.1 Å². The van der Waals surface area contributed by atoms with Gasteiger partial charge in [-0.1, -0.05) is 0 Å². The maximum absolute atomic E-state index is 12.6. The van der Waals surface area contributed by atoms with Crippen LogP contribution in [0.3, 0.4) is 0 Å². The molecule has 0 spiro atoms. The summed E-state index contributed by atoms with van der Waals surface area (Å²) in [7, 11) is -10.3. The molecular formula is C15H16N4O12S4. The minimum atomic E-state index is -5.13.